The van der Waals surface area contributed by atoms with Gasteiger partial charge in [0.25, 0.3) is 0 Å². The first-order valence-electron chi connectivity index (χ1n) is 4.31. The Morgan fingerprint density at radius 2 is 1.30 bits per heavy atom. The molecule has 0 aromatic rings. The number of alkyl halides is 1. The fourth-order valence-corrected chi connectivity index (χ4v) is 2.92. The van der Waals surface area contributed by atoms with E-state index < -0.39 is 0 Å². The molecule has 0 aliphatic heterocycles. The maximum Gasteiger partial charge on any atom is 0.0258 e. The van der Waals surface area contributed by atoms with E-state index in [-0.39, 0.29) is 0 Å². The van der Waals surface area contributed by atoms with Gasteiger partial charge in [-0.2, -0.15) is 0 Å². The van der Waals surface area contributed by atoms with E-state index in [1.807, 2.05) is 0 Å². The quantitative estimate of drug-likeness (QED) is 0.528. The largest absolute Gasteiger partial charge is 0.0853 e. The van der Waals surface area contributed by atoms with Gasteiger partial charge in [-0.15, -0.1) is 0 Å². The SMILES string of the molecule is CC12CCC(Br)(CC1)CC2. The van der Waals surface area contributed by atoms with Gasteiger partial charge in [0.1, 0.15) is 0 Å². The molecular weight excluding hydrogens is 188 g/mol. The van der Waals surface area contributed by atoms with Crippen LogP contribution in [0.1, 0.15) is 45.4 Å². The summed E-state index contributed by atoms with van der Waals surface area (Å²) in [6, 6.07) is 0. The van der Waals surface area contributed by atoms with Crippen LogP contribution in [0.15, 0.2) is 0 Å². The van der Waals surface area contributed by atoms with E-state index in [1.165, 1.54) is 38.5 Å². The molecule has 10 heavy (non-hydrogen) atoms. The number of fused-ring (bicyclic) bond motifs is 3. The van der Waals surface area contributed by atoms with Crippen LogP contribution in [0.5, 0.6) is 0 Å². The van der Waals surface area contributed by atoms with Crippen molar-refractivity contribution < 1.29 is 0 Å². The Labute approximate surface area is 71.5 Å². The first-order chi connectivity index (χ1) is 4.62. The number of hydrogen-bond donors (Lipinski definition) is 0. The molecule has 58 valence electrons. The fourth-order valence-electron chi connectivity index (χ4n) is 2.33. The van der Waals surface area contributed by atoms with Crippen LogP contribution in [0.3, 0.4) is 0 Å². The third kappa shape index (κ3) is 1.03. The molecule has 0 atom stereocenters. The van der Waals surface area contributed by atoms with Crippen molar-refractivity contribution in [2.24, 2.45) is 5.41 Å². The third-order valence-corrected chi connectivity index (χ3v) is 4.72. The first kappa shape index (κ1) is 7.15. The van der Waals surface area contributed by atoms with Crippen molar-refractivity contribution in [2.45, 2.75) is 49.8 Å². The molecule has 0 aromatic heterocycles. The Morgan fingerprint density at radius 3 is 1.60 bits per heavy atom. The second kappa shape index (κ2) is 2.00. The lowest BCUT2D eigenvalue weighted by Crippen LogP contribution is -2.40. The average Bonchev–Trinajstić information content (AvgIpc) is 1.93. The van der Waals surface area contributed by atoms with E-state index in [4.69, 9.17) is 0 Å². The topological polar surface area (TPSA) is 0 Å². The molecule has 0 heterocycles. The second-order valence-corrected chi connectivity index (χ2v) is 6.14. The molecule has 0 unspecified atom stereocenters. The highest BCUT2D eigenvalue weighted by molar-refractivity contribution is 9.10. The molecule has 3 aliphatic carbocycles. The number of halogens is 1. The summed E-state index contributed by atoms with van der Waals surface area (Å²) in [6.07, 6.45) is 8.63. The van der Waals surface area contributed by atoms with Crippen molar-refractivity contribution in [1.29, 1.82) is 0 Å². The predicted octanol–water partition coefficient (Wildman–Crippen LogP) is 3.49. The summed E-state index contributed by atoms with van der Waals surface area (Å²) < 4.78 is 0.574. The van der Waals surface area contributed by atoms with Crippen LogP contribution in [-0.4, -0.2) is 4.32 Å². The van der Waals surface area contributed by atoms with Crippen molar-refractivity contribution in [2.75, 3.05) is 0 Å². The lowest BCUT2D eigenvalue weighted by molar-refractivity contribution is 0.106. The standard InChI is InChI=1S/C9H15Br/c1-8-2-5-9(10,6-3-8)7-4-8/h2-7H2,1H3. The van der Waals surface area contributed by atoms with Crippen molar-refractivity contribution in [3.63, 3.8) is 0 Å². The smallest absolute Gasteiger partial charge is 0.0258 e. The van der Waals surface area contributed by atoms with Crippen LogP contribution in [0.2, 0.25) is 0 Å². The van der Waals surface area contributed by atoms with Gasteiger partial charge in [-0.1, -0.05) is 22.9 Å². The highest BCUT2D eigenvalue weighted by Gasteiger charge is 2.44. The van der Waals surface area contributed by atoms with Gasteiger partial charge in [-0.25, -0.2) is 0 Å². The summed E-state index contributed by atoms with van der Waals surface area (Å²) in [5.74, 6) is 0. The highest BCUT2D eigenvalue weighted by Crippen LogP contribution is 2.55. The average molecular weight is 203 g/mol. The molecule has 0 radical (unpaired) electrons. The molecule has 0 N–H and O–H groups in total. The van der Waals surface area contributed by atoms with Gasteiger partial charge in [0.05, 0.1) is 0 Å². The minimum Gasteiger partial charge on any atom is -0.0853 e. The summed E-state index contributed by atoms with van der Waals surface area (Å²) in [5, 5.41) is 0. The molecule has 0 saturated heterocycles. The van der Waals surface area contributed by atoms with Crippen molar-refractivity contribution >= 4 is 15.9 Å². The normalized spacial score (nSPS) is 53.4. The molecule has 2 bridgehead atoms. The predicted molar refractivity (Wildman–Crippen MR) is 47.5 cm³/mol. The zero-order valence-corrected chi connectivity index (χ0v) is 8.21. The molecule has 3 aliphatic rings. The van der Waals surface area contributed by atoms with Crippen LogP contribution in [0, 0.1) is 5.41 Å². The van der Waals surface area contributed by atoms with E-state index in [1.54, 1.807) is 0 Å². The van der Waals surface area contributed by atoms with Crippen molar-refractivity contribution in [1.82, 2.24) is 0 Å². The summed E-state index contributed by atoms with van der Waals surface area (Å²) in [7, 11) is 0. The van der Waals surface area contributed by atoms with Gasteiger partial charge in [0, 0.05) is 4.32 Å². The summed E-state index contributed by atoms with van der Waals surface area (Å²) >= 11 is 3.86. The molecule has 0 amide bonds. The lowest BCUT2D eigenvalue weighted by atomic mass is 9.62. The minimum atomic E-state index is 0.574. The van der Waals surface area contributed by atoms with Crippen LogP contribution in [0.4, 0.5) is 0 Å². The third-order valence-electron chi connectivity index (χ3n) is 3.53. The molecule has 0 nitrogen and oxygen atoms in total. The number of rotatable bonds is 0. The molecule has 3 fully saturated rings. The maximum atomic E-state index is 3.86. The summed E-state index contributed by atoms with van der Waals surface area (Å²) in [4.78, 5) is 0. The fraction of sp³-hybridized carbons (Fsp3) is 1.00. The zero-order valence-electron chi connectivity index (χ0n) is 6.62. The first-order valence-corrected chi connectivity index (χ1v) is 5.10. The molecular formula is C9H15Br. The van der Waals surface area contributed by atoms with Crippen LogP contribution in [-0.2, 0) is 0 Å². The maximum absolute atomic E-state index is 3.86. The molecule has 1 heteroatoms. The zero-order chi connectivity index (χ0) is 7.24. The minimum absolute atomic E-state index is 0.574. The van der Waals surface area contributed by atoms with E-state index in [0.717, 1.165) is 5.41 Å². The lowest BCUT2D eigenvalue weighted by Gasteiger charge is -2.49. The highest BCUT2D eigenvalue weighted by atomic mass is 79.9. The van der Waals surface area contributed by atoms with Gasteiger partial charge >= 0.3 is 0 Å². The van der Waals surface area contributed by atoms with E-state index in [2.05, 4.69) is 22.9 Å². The van der Waals surface area contributed by atoms with Crippen LogP contribution >= 0.6 is 15.9 Å². The van der Waals surface area contributed by atoms with Gasteiger partial charge < -0.3 is 0 Å². The van der Waals surface area contributed by atoms with Gasteiger partial charge in [0.15, 0.2) is 0 Å². The molecule has 0 aromatic carbocycles. The molecule has 3 rings (SSSR count). The van der Waals surface area contributed by atoms with Crippen molar-refractivity contribution in [3.05, 3.63) is 0 Å². The second-order valence-electron chi connectivity index (χ2n) is 4.46. The monoisotopic (exact) mass is 202 g/mol. The Morgan fingerprint density at radius 1 is 0.900 bits per heavy atom. The Hall–Kier alpha value is 0.480. The summed E-state index contributed by atoms with van der Waals surface area (Å²) in [5.41, 5.74) is 0.732. The van der Waals surface area contributed by atoms with E-state index in [9.17, 15) is 0 Å². The molecule has 0 spiro atoms. The van der Waals surface area contributed by atoms with Gasteiger partial charge in [-0.3, -0.25) is 0 Å². The Kier molecular flexibility index (Phi) is 1.43. The van der Waals surface area contributed by atoms with Gasteiger partial charge in [-0.05, 0) is 43.9 Å². The van der Waals surface area contributed by atoms with Crippen molar-refractivity contribution in [3.8, 4) is 0 Å². The van der Waals surface area contributed by atoms with E-state index >= 15 is 0 Å². The summed E-state index contributed by atoms with van der Waals surface area (Å²) in [6.45, 7) is 2.46. The van der Waals surface area contributed by atoms with Crippen LogP contribution < -0.4 is 0 Å². The molecule has 3 saturated carbocycles. The number of hydrogen-bond acceptors (Lipinski definition) is 0. The Balaban J connectivity index is 2.16. The Bertz CT molecular complexity index is 108. The van der Waals surface area contributed by atoms with E-state index in [0.29, 0.717) is 4.32 Å². The van der Waals surface area contributed by atoms with Gasteiger partial charge in [0.2, 0.25) is 0 Å². The van der Waals surface area contributed by atoms with Crippen LogP contribution in [0.25, 0.3) is 0 Å².